The summed E-state index contributed by atoms with van der Waals surface area (Å²) in [5, 5.41) is 9.89. The average Bonchev–Trinajstić information content (AvgIpc) is 2.54. The summed E-state index contributed by atoms with van der Waals surface area (Å²) >= 11 is 15.2. The molecule has 2 N–H and O–H groups in total. The molecule has 4 nitrogen and oxygen atoms in total. The van der Waals surface area contributed by atoms with Gasteiger partial charge in [0.15, 0.2) is 0 Å². The molecular formula is C17H11BrCl2N2O2. The minimum absolute atomic E-state index is 0.160. The fourth-order valence-corrected chi connectivity index (χ4v) is 2.57. The lowest BCUT2D eigenvalue weighted by atomic mass is 10.1. The lowest BCUT2D eigenvalue weighted by Gasteiger charge is -2.11. The maximum absolute atomic E-state index is 11.2. The maximum Gasteiger partial charge on any atom is 0.259 e. The van der Waals surface area contributed by atoms with Crippen molar-refractivity contribution in [2.75, 3.05) is 0 Å². The molecule has 0 saturated heterocycles. The van der Waals surface area contributed by atoms with Crippen molar-refractivity contribution in [3.8, 4) is 11.8 Å². The molecule has 0 radical (unpaired) electrons. The third kappa shape index (κ3) is 4.75. The Morgan fingerprint density at radius 1 is 1.25 bits per heavy atom. The van der Waals surface area contributed by atoms with Crippen molar-refractivity contribution in [2.24, 2.45) is 5.73 Å². The molecular weight excluding hydrogens is 415 g/mol. The summed E-state index contributed by atoms with van der Waals surface area (Å²) in [6, 6.07) is 12.2. The van der Waals surface area contributed by atoms with Crippen molar-refractivity contribution < 1.29 is 9.53 Å². The van der Waals surface area contributed by atoms with Gasteiger partial charge in [0, 0.05) is 10.0 Å². The molecule has 0 aliphatic rings. The Balaban J connectivity index is 2.29. The van der Waals surface area contributed by atoms with Gasteiger partial charge in [0.05, 0.1) is 10.0 Å². The van der Waals surface area contributed by atoms with Crippen molar-refractivity contribution in [3.63, 3.8) is 0 Å². The number of benzene rings is 2. The Kier molecular flexibility index (Phi) is 6.27. The molecule has 122 valence electrons. The van der Waals surface area contributed by atoms with Crippen LogP contribution in [0.3, 0.4) is 0 Å². The molecule has 0 aliphatic heterocycles. The van der Waals surface area contributed by atoms with E-state index < -0.39 is 5.91 Å². The Labute approximate surface area is 157 Å². The van der Waals surface area contributed by atoms with Gasteiger partial charge in [-0.25, -0.2) is 0 Å². The Morgan fingerprint density at radius 3 is 2.62 bits per heavy atom. The van der Waals surface area contributed by atoms with Gasteiger partial charge in [-0.3, -0.25) is 4.79 Å². The number of ether oxygens (including phenoxy) is 1. The van der Waals surface area contributed by atoms with Crippen LogP contribution in [0, 0.1) is 11.3 Å². The van der Waals surface area contributed by atoms with Crippen molar-refractivity contribution in [1.29, 1.82) is 5.26 Å². The summed E-state index contributed by atoms with van der Waals surface area (Å²) in [5.41, 5.74) is 6.40. The number of hydrogen-bond acceptors (Lipinski definition) is 3. The molecule has 0 aromatic heterocycles. The van der Waals surface area contributed by atoms with Crippen LogP contribution in [0.2, 0.25) is 10.0 Å². The second-order valence-electron chi connectivity index (χ2n) is 4.75. The topological polar surface area (TPSA) is 76.1 Å². The van der Waals surface area contributed by atoms with Gasteiger partial charge >= 0.3 is 0 Å². The van der Waals surface area contributed by atoms with E-state index in [1.165, 1.54) is 6.08 Å². The van der Waals surface area contributed by atoms with Gasteiger partial charge in [-0.05, 0) is 42.0 Å². The molecule has 24 heavy (non-hydrogen) atoms. The number of rotatable bonds is 5. The van der Waals surface area contributed by atoms with E-state index >= 15 is 0 Å². The number of primary amides is 1. The minimum Gasteiger partial charge on any atom is -0.488 e. The van der Waals surface area contributed by atoms with E-state index in [0.29, 0.717) is 21.4 Å². The Morgan fingerprint density at radius 2 is 2.00 bits per heavy atom. The molecule has 0 spiro atoms. The van der Waals surface area contributed by atoms with E-state index in [4.69, 9.17) is 38.9 Å². The summed E-state index contributed by atoms with van der Waals surface area (Å²) in [5.74, 6) is -0.300. The quantitative estimate of drug-likeness (QED) is 0.555. The minimum atomic E-state index is -0.798. The summed E-state index contributed by atoms with van der Waals surface area (Å²) in [4.78, 5) is 11.2. The van der Waals surface area contributed by atoms with Crippen LogP contribution >= 0.6 is 39.1 Å². The molecule has 0 atom stereocenters. The van der Waals surface area contributed by atoms with E-state index in [2.05, 4.69) is 15.9 Å². The fraction of sp³-hybridized carbons (Fsp3) is 0.0588. The standard InChI is InChI=1S/C17H11BrCl2N2O2/c18-13-2-4-16(11(7-13)6-12(8-21)17(22)23)24-9-10-1-3-14(19)15(20)5-10/h1-7H,9H2,(H2,22,23)/b12-6-. The number of amides is 1. The smallest absolute Gasteiger partial charge is 0.259 e. The Bertz CT molecular complexity index is 860. The fourth-order valence-electron chi connectivity index (χ4n) is 1.87. The van der Waals surface area contributed by atoms with Crippen LogP contribution in [-0.4, -0.2) is 5.91 Å². The summed E-state index contributed by atoms with van der Waals surface area (Å²) in [6.07, 6.45) is 1.39. The van der Waals surface area contributed by atoms with E-state index in [-0.39, 0.29) is 12.2 Å². The van der Waals surface area contributed by atoms with Crippen LogP contribution in [0.5, 0.6) is 5.75 Å². The van der Waals surface area contributed by atoms with Crippen molar-refractivity contribution >= 4 is 51.1 Å². The molecule has 1 amide bonds. The van der Waals surface area contributed by atoms with Gasteiger partial charge in [0.1, 0.15) is 24.0 Å². The first kappa shape index (κ1) is 18.3. The van der Waals surface area contributed by atoms with Crippen molar-refractivity contribution in [2.45, 2.75) is 6.61 Å². The molecule has 0 unspecified atom stereocenters. The highest BCUT2D eigenvalue weighted by Crippen LogP contribution is 2.27. The Hall–Kier alpha value is -2.00. The molecule has 0 bridgehead atoms. The van der Waals surface area contributed by atoms with Crippen LogP contribution in [0.4, 0.5) is 0 Å². The molecule has 0 heterocycles. The molecule has 0 fully saturated rings. The van der Waals surface area contributed by atoms with E-state index in [9.17, 15) is 4.79 Å². The van der Waals surface area contributed by atoms with Crippen LogP contribution in [0.25, 0.3) is 6.08 Å². The average molecular weight is 426 g/mol. The zero-order chi connectivity index (χ0) is 17.7. The number of hydrogen-bond donors (Lipinski definition) is 1. The number of nitrogens with two attached hydrogens (primary N) is 1. The number of nitrogens with zero attached hydrogens (tertiary/aromatic N) is 1. The highest BCUT2D eigenvalue weighted by molar-refractivity contribution is 9.10. The third-order valence-electron chi connectivity index (χ3n) is 3.04. The maximum atomic E-state index is 11.2. The molecule has 0 aliphatic carbocycles. The highest BCUT2D eigenvalue weighted by atomic mass is 79.9. The lowest BCUT2D eigenvalue weighted by molar-refractivity contribution is -0.114. The zero-order valence-electron chi connectivity index (χ0n) is 12.2. The van der Waals surface area contributed by atoms with Gasteiger partial charge in [-0.1, -0.05) is 45.2 Å². The van der Waals surface area contributed by atoms with Gasteiger partial charge < -0.3 is 10.5 Å². The summed E-state index contributed by atoms with van der Waals surface area (Å²) in [7, 11) is 0. The lowest BCUT2D eigenvalue weighted by Crippen LogP contribution is -2.12. The number of halogens is 3. The number of carbonyl (C=O) groups is 1. The van der Waals surface area contributed by atoms with Crippen LogP contribution in [-0.2, 0) is 11.4 Å². The first-order chi connectivity index (χ1) is 11.4. The zero-order valence-corrected chi connectivity index (χ0v) is 15.3. The highest BCUT2D eigenvalue weighted by Gasteiger charge is 2.09. The summed E-state index contributed by atoms with van der Waals surface area (Å²) < 4.78 is 6.54. The third-order valence-corrected chi connectivity index (χ3v) is 4.27. The number of nitriles is 1. The van der Waals surface area contributed by atoms with E-state index in [1.807, 2.05) is 0 Å². The van der Waals surface area contributed by atoms with E-state index in [0.717, 1.165) is 10.0 Å². The largest absolute Gasteiger partial charge is 0.488 e. The first-order valence-electron chi connectivity index (χ1n) is 6.68. The first-order valence-corrected chi connectivity index (χ1v) is 8.23. The summed E-state index contributed by atoms with van der Waals surface area (Å²) in [6.45, 7) is 0.248. The van der Waals surface area contributed by atoms with Crippen molar-refractivity contribution in [3.05, 3.63) is 67.6 Å². The monoisotopic (exact) mass is 424 g/mol. The second kappa shape index (κ2) is 8.20. The number of carbonyl (C=O) groups excluding carboxylic acids is 1. The van der Waals surface area contributed by atoms with Crippen LogP contribution in [0.15, 0.2) is 46.4 Å². The van der Waals surface area contributed by atoms with Crippen LogP contribution < -0.4 is 10.5 Å². The molecule has 2 aromatic carbocycles. The molecule has 2 rings (SSSR count). The molecule has 0 saturated carbocycles. The second-order valence-corrected chi connectivity index (χ2v) is 6.48. The molecule has 2 aromatic rings. The van der Waals surface area contributed by atoms with E-state index in [1.54, 1.807) is 42.5 Å². The van der Waals surface area contributed by atoms with Gasteiger partial charge in [0.25, 0.3) is 5.91 Å². The van der Waals surface area contributed by atoms with Crippen molar-refractivity contribution in [1.82, 2.24) is 0 Å². The van der Waals surface area contributed by atoms with Gasteiger partial charge in [-0.15, -0.1) is 0 Å². The SMILES string of the molecule is N#C/C(=C/c1cc(Br)ccc1OCc1ccc(Cl)c(Cl)c1)C(N)=O. The van der Waals surface area contributed by atoms with Gasteiger partial charge in [0.2, 0.25) is 0 Å². The van der Waals surface area contributed by atoms with Gasteiger partial charge in [-0.2, -0.15) is 5.26 Å². The molecule has 7 heteroatoms. The van der Waals surface area contributed by atoms with Crippen LogP contribution in [0.1, 0.15) is 11.1 Å². The normalized spacial score (nSPS) is 11.0. The predicted molar refractivity (Wildman–Crippen MR) is 97.7 cm³/mol. The predicted octanol–water partition coefficient (Wildman–Crippen LogP) is 4.73.